The minimum atomic E-state index is -1.20. The fourth-order valence-electron chi connectivity index (χ4n) is 6.49. The highest BCUT2D eigenvalue weighted by molar-refractivity contribution is 6.76. The van der Waals surface area contributed by atoms with Crippen molar-refractivity contribution in [2.24, 2.45) is 14.1 Å². The van der Waals surface area contributed by atoms with Gasteiger partial charge in [0.05, 0.1) is 34.6 Å². The number of hydrogen-bond donors (Lipinski definition) is 3. The number of aromatic nitrogens is 12. The molecule has 0 spiro atoms. The third-order valence-corrected chi connectivity index (χ3v) is 11.0. The summed E-state index contributed by atoms with van der Waals surface area (Å²) >= 11 is 0. The fraction of sp³-hybridized carbons (Fsp3) is 0.381. The van der Waals surface area contributed by atoms with Crippen LogP contribution in [0.1, 0.15) is 62.3 Å². The second kappa shape index (κ2) is 16.0. The Morgan fingerprint density at radius 3 is 1.82 bits per heavy atom. The van der Waals surface area contributed by atoms with Crippen LogP contribution in [0.15, 0.2) is 61.4 Å². The van der Waals surface area contributed by atoms with E-state index in [9.17, 15) is 9.59 Å². The van der Waals surface area contributed by atoms with Crippen LogP contribution in [0, 0.1) is 0 Å². The number of hydrogen-bond acceptors (Lipinski definition) is 11. The molecule has 2 amide bonds. The summed E-state index contributed by atoms with van der Waals surface area (Å²) in [6, 6.07) is 8.72. The predicted octanol–water partition coefficient (Wildman–Crippen LogP) is 6.66. The number of aromatic amines is 1. The van der Waals surface area contributed by atoms with Crippen molar-refractivity contribution in [3.8, 4) is 22.8 Å². The van der Waals surface area contributed by atoms with Gasteiger partial charge in [-0.25, -0.2) is 19.9 Å². The SMILES string of the molecule is Cn1nc(-c2cnc3[nH]cc(C(=O)NC(C)(C)C)c3n2)c2ncccc21.Cn1nc(-c2cnc3c(n2)c(C(=O)NC(C)(C)C)cn3COCC[Si](C)(C)C)c2ncccc21. The number of fused-ring (bicyclic) bond motifs is 4. The second-order valence-electron chi connectivity index (χ2n) is 18.0. The molecule has 17 nitrogen and oxygen atoms in total. The van der Waals surface area contributed by atoms with Crippen molar-refractivity contribution >= 4 is 64.3 Å². The van der Waals surface area contributed by atoms with Crippen LogP contribution in [-0.2, 0) is 25.6 Å². The molecule has 0 aromatic carbocycles. The molecular formula is C42H52N14O3Si. The zero-order valence-corrected chi connectivity index (χ0v) is 37.0. The molecule has 0 fully saturated rings. The molecule has 8 aromatic heterocycles. The number of carbonyl (C=O) groups excluding carboxylic acids is 2. The highest BCUT2D eigenvalue weighted by atomic mass is 28.3. The Balaban J connectivity index is 0.000000188. The molecule has 8 rings (SSSR count). The molecular weight excluding hydrogens is 777 g/mol. The molecule has 0 radical (unpaired) electrons. The summed E-state index contributed by atoms with van der Waals surface area (Å²) in [5, 5.41) is 15.1. The van der Waals surface area contributed by atoms with Crippen molar-refractivity contribution < 1.29 is 14.3 Å². The van der Waals surface area contributed by atoms with Crippen LogP contribution in [-0.4, -0.2) is 96.6 Å². The Hall–Kier alpha value is -6.40. The summed E-state index contributed by atoms with van der Waals surface area (Å²) in [6.45, 7) is 19.6. The lowest BCUT2D eigenvalue weighted by atomic mass is 10.1. The van der Waals surface area contributed by atoms with Crippen molar-refractivity contribution in [2.75, 3.05) is 6.61 Å². The molecule has 312 valence electrons. The maximum Gasteiger partial charge on any atom is 0.255 e. The van der Waals surface area contributed by atoms with Gasteiger partial charge in [0.1, 0.15) is 51.6 Å². The third-order valence-electron chi connectivity index (χ3n) is 9.34. The Labute approximate surface area is 348 Å². The molecule has 0 aliphatic heterocycles. The maximum atomic E-state index is 13.2. The van der Waals surface area contributed by atoms with Gasteiger partial charge in [-0.2, -0.15) is 10.2 Å². The molecule has 60 heavy (non-hydrogen) atoms. The van der Waals surface area contributed by atoms with Gasteiger partial charge < -0.3 is 24.9 Å². The molecule has 0 aliphatic carbocycles. The minimum Gasteiger partial charge on any atom is -0.361 e. The van der Waals surface area contributed by atoms with Gasteiger partial charge in [0.2, 0.25) is 0 Å². The standard InChI is InChI=1S/C24H33N7O2Si.C18H19N7O/c1-24(2,3)28-23(32)16-14-31(15-33-11-12-34(5,6)7)22-19(16)27-17(13-26-22)20-21-18(30(4)29-20)9-8-10-25-21;1-18(2,3)23-17(26)10-8-20-16-13(10)22-11(9-21-16)14-15-12(25(4)24-14)6-5-7-19-15/h8-10,13-14H,11-12,15H2,1-7H3,(H,28,32);5-9H,1-4H3,(H,20,21)(H,23,26). The molecule has 0 aliphatic rings. The van der Waals surface area contributed by atoms with Gasteiger partial charge in [-0.15, -0.1) is 0 Å². The molecule has 0 saturated heterocycles. The van der Waals surface area contributed by atoms with E-state index in [1.165, 1.54) is 0 Å². The number of amides is 2. The van der Waals surface area contributed by atoms with E-state index in [0.29, 0.717) is 69.6 Å². The van der Waals surface area contributed by atoms with Crippen LogP contribution in [0.4, 0.5) is 0 Å². The molecule has 0 unspecified atom stereocenters. The van der Waals surface area contributed by atoms with Crippen LogP contribution in [0.5, 0.6) is 0 Å². The second-order valence-corrected chi connectivity index (χ2v) is 23.7. The van der Waals surface area contributed by atoms with Crippen LogP contribution in [0.3, 0.4) is 0 Å². The van der Waals surface area contributed by atoms with Gasteiger partial charge >= 0.3 is 0 Å². The largest absolute Gasteiger partial charge is 0.361 e. The number of nitrogens with zero attached hydrogens (tertiary/aromatic N) is 11. The Kier molecular flexibility index (Phi) is 11.1. The first-order valence-electron chi connectivity index (χ1n) is 19.8. The Morgan fingerprint density at radius 2 is 1.27 bits per heavy atom. The number of aryl methyl sites for hydroxylation is 2. The smallest absolute Gasteiger partial charge is 0.255 e. The first kappa shape index (κ1) is 41.7. The van der Waals surface area contributed by atoms with Gasteiger partial charge in [0.15, 0.2) is 11.3 Å². The van der Waals surface area contributed by atoms with E-state index in [2.05, 4.69) is 70.4 Å². The molecule has 3 N–H and O–H groups in total. The van der Waals surface area contributed by atoms with Gasteiger partial charge in [-0.3, -0.25) is 28.9 Å². The van der Waals surface area contributed by atoms with Gasteiger partial charge in [-0.05, 0) is 71.9 Å². The number of pyridine rings is 2. The van der Waals surface area contributed by atoms with E-state index in [-0.39, 0.29) is 22.9 Å². The average Bonchev–Trinajstić information content (AvgIpc) is 3.94. The number of nitrogens with one attached hydrogen (secondary N) is 3. The summed E-state index contributed by atoms with van der Waals surface area (Å²) in [6.07, 6.45) is 10.2. The van der Waals surface area contributed by atoms with E-state index in [1.807, 2.05) is 84.5 Å². The molecule has 0 saturated carbocycles. The first-order valence-corrected chi connectivity index (χ1v) is 23.5. The lowest BCUT2D eigenvalue weighted by molar-refractivity contribution is 0.0884. The van der Waals surface area contributed by atoms with Gasteiger partial charge in [0.25, 0.3) is 11.8 Å². The average molecular weight is 829 g/mol. The van der Waals surface area contributed by atoms with Crippen LogP contribution < -0.4 is 10.6 Å². The van der Waals surface area contributed by atoms with Crippen LogP contribution in [0.25, 0.3) is 67.2 Å². The number of carbonyl (C=O) groups is 2. The molecule has 0 bridgehead atoms. The van der Waals surface area contributed by atoms with Crippen molar-refractivity contribution in [3.63, 3.8) is 0 Å². The number of ether oxygens (including phenoxy) is 1. The zero-order chi connectivity index (χ0) is 43.1. The molecule has 8 heterocycles. The first-order chi connectivity index (χ1) is 28.3. The van der Waals surface area contributed by atoms with Crippen molar-refractivity contribution in [1.29, 1.82) is 0 Å². The Morgan fingerprint density at radius 1 is 0.733 bits per heavy atom. The molecule has 18 heteroatoms. The highest BCUT2D eigenvalue weighted by Gasteiger charge is 2.25. The lowest BCUT2D eigenvalue weighted by Crippen LogP contribution is -2.40. The monoisotopic (exact) mass is 828 g/mol. The topological polar surface area (TPSA) is 201 Å². The maximum absolute atomic E-state index is 13.2. The van der Waals surface area contributed by atoms with Crippen molar-refractivity contribution in [1.82, 2.24) is 69.6 Å². The van der Waals surface area contributed by atoms with E-state index >= 15 is 0 Å². The van der Waals surface area contributed by atoms with E-state index in [1.54, 1.807) is 46.5 Å². The molecule has 8 aromatic rings. The number of H-pyrrole nitrogens is 1. The van der Waals surface area contributed by atoms with Crippen molar-refractivity contribution in [2.45, 2.75) is 85.0 Å². The van der Waals surface area contributed by atoms with Crippen molar-refractivity contribution in [3.05, 3.63) is 72.6 Å². The normalized spacial score (nSPS) is 12.3. The Bertz CT molecular complexity index is 2870. The summed E-state index contributed by atoms with van der Waals surface area (Å²) in [5.74, 6) is -0.395. The van der Waals surface area contributed by atoms with Gasteiger partial charge in [-0.1, -0.05) is 19.6 Å². The van der Waals surface area contributed by atoms with Gasteiger partial charge in [0, 0.05) is 64.6 Å². The predicted molar refractivity (Wildman–Crippen MR) is 235 cm³/mol. The summed E-state index contributed by atoms with van der Waals surface area (Å²) in [5.41, 5.74) is 8.10. The zero-order valence-electron chi connectivity index (χ0n) is 36.0. The number of rotatable bonds is 9. The quantitative estimate of drug-likeness (QED) is 0.104. The summed E-state index contributed by atoms with van der Waals surface area (Å²) < 4.78 is 11.3. The van der Waals surface area contributed by atoms with E-state index in [4.69, 9.17) is 9.72 Å². The van der Waals surface area contributed by atoms with E-state index in [0.717, 1.165) is 28.1 Å². The van der Waals surface area contributed by atoms with Crippen LogP contribution in [0.2, 0.25) is 25.7 Å². The summed E-state index contributed by atoms with van der Waals surface area (Å²) in [7, 11) is 2.53. The minimum absolute atomic E-state index is 0.195. The lowest BCUT2D eigenvalue weighted by Gasteiger charge is -2.20. The van der Waals surface area contributed by atoms with Crippen LogP contribution >= 0.6 is 0 Å². The fourth-order valence-corrected chi connectivity index (χ4v) is 7.25. The highest BCUT2D eigenvalue weighted by Crippen LogP contribution is 2.28. The third kappa shape index (κ3) is 9.08. The summed E-state index contributed by atoms with van der Waals surface area (Å²) in [4.78, 5) is 56.2. The van der Waals surface area contributed by atoms with E-state index < -0.39 is 8.07 Å². The molecule has 0 atom stereocenters.